The molecule has 0 spiro atoms. The lowest BCUT2D eigenvalue weighted by atomic mass is 10.1. The molecule has 3 N–H and O–H groups in total. The van der Waals surface area contributed by atoms with Crippen molar-refractivity contribution in [3.63, 3.8) is 0 Å². The van der Waals surface area contributed by atoms with E-state index in [0.29, 0.717) is 5.56 Å². The van der Waals surface area contributed by atoms with E-state index in [9.17, 15) is 22.8 Å². The minimum Gasteiger partial charge on any atom is -0.366 e. The Kier molecular flexibility index (Phi) is 5.71. The Hall–Kier alpha value is -3.68. The van der Waals surface area contributed by atoms with Crippen LogP contribution < -0.4 is 11.1 Å². The molecule has 4 aromatic rings. The summed E-state index contributed by atoms with van der Waals surface area (Å²) in [6.07, 6.45) is -1.51. The van der Waals surface area contributed by atoms with Crippen LogP contribution in [0.3, 0.4) is 0 Å². The van der Waals surface area contributed by atoms with Crippen molar-refractivity contribution < 1.29 is 27.3 Å². The Labute approximate surface area is 194 Å². The van der Waals surface area contributed by atoms with Gasteiger partial charge in [-0.2, -0.15) is 23.3 Å². The first-order valence-electron chi connectivity index (χ1n) is 9.97. The van der Waals surface area contributed by atoms with Crippen molar-refractivity contribution >= 4 is 33.4 Å². The van der Waals surface area contributed by atoms with Gasteiger partial charge in [-0.05, 0) is 26.8 Å². The average Bonchev–Trinajstić information content (AvgIpc) is 3.48. The van der Waals surface area contributed by atoms with Crippen LogP contribution in [0.1, 0.15) is 47.4 Å². The van der Waals surface area contributed by atoms with E-state index in [1.165, 1.54) is 17.6 Å². The van der Waals surface area contributed by atoms with Gasteiger partial charge >= 0.3 is 6.18 Å². The van der Waals surface area contributed by atoms with Crippen molar-refractivity contribution in [3.05, 3.63) is 40.9 Å². The maximum atomic E-state index is 13.2. The summed E-state index contributed by atoms with van der Waals surface area (Å²) in [5, 5.41) is 12.2. The smallest absolute Gasteiger partial charge is 0.366 e. The fourth-order valence-corrected chi connectivity index (χ4v) is 4.30. The highest BCUT2D eigenvalue weighted by atomic mass is 32.1. The summed E-state index contributed by atoms with van der Waals surface area (Å²) in [6.45, 7) is 4.35. The van der Waals surface area contributed by atoms with E-state index in [1.807, 2.05) is 20.8 Å². The molecule has 0 aromatic carbocycles. The third kappa shape index (κ3) is 4.66. The number of halogens is 3. The van der Waals surface area contributed by atoms with Gasteiger partial charge < -0.3 is 20.1 Å². The SMILES string of the molecule is CC(C)(C)n1cc(C(=O)NCc2nc(-c3cc4c(C(N)=O)csc4n3CC(F)(F)F)no2)cn1. The standard InChI is InChI=1S/C20H20F3N7O3S/c1-19(2,3)30-7-10(5-26-30)17(32)25-6-14-27-16(28-33-14)13-4-11-12(15(24)31)8-34-18(11)29(13)9-20(21,22)23/h4-5,7-8H,6,9H2,1-3H3,(H2,24,31)(H,25,32). The number of thiophene rings is 1. The zero-order valence-corrected chi connectivity index (χ0v) is 19.1. The van der Waals surface area contributed by atoms with Crippen LogP contribution in [0.25, 0.3) is 21.7 Å². The van der Waals surface area contributed by atoms with Crippen LogP contribution in [-0.4, -0.2) is 42.5 Å². The predicted octanol–water partition coefficient (Wildman–Crippen LogP) is 3.30. The van der Waals surface area contributed by atoms with Gasteiger partial charge in [0.1, 0.15) is 11.4 Å². The minimum atomic E-state index is -4.53. The Balaban J connectivity index is 1.57. The zero-order chi connectivity index (χ0) is 24.8. The second-order valence-electron chi connectivity index (χ2n) is 8.50. The van der Waals surface area contributed by atoms with Crippen LogP contribution in [0.4, 0.5) is 13.2 Å². The zero-order valence-electron chi connectivity index (χ0n) is 18.3. The molecule has 10 nitrogen and oxygen atoms in total. The van der Waals surface area contributed by atoms with Crippen LogP contribution in [-0.2, 0) is 18.6 Å². The molecule has 0 aliphatic rings. The molecule has 0 saturated heterocycles. The molecule has 0 unspecified atom stereocenters. The predicted molar refractivity (Wildman–Crippen MR) is 116 cm³/mol. The number of nitrogens with one attached hydrogen (secondary N) is 1. The number of primary amides is 1. The maximum Gasteiger partial charge on any atom is 0.406 e. The summed E-state index contributed by atoms with van der Waals surface area (Å²) in [4.78, 5) is 28.4. The number of hydrogen-bond donors (Lipinski definition) is 2. The summed E-state index contributed by atoms with van der Waals surface area (Å²) >= 11 is 0.958. The number of amides is 2. The number of carbonyl (C=O) groups is 2. The minimum absolute atomic E-state index is 0.00875. The Morgan fingerprint density at radius 2 is 2.00 bits per heavy atom. The first-order chi connectivity index (χ1) is 15.8. The topological polar surface area (TPSA) is 134 Å². The lowest BCUT2D eigenvalue weighted by molar-refractivity contribution is -0.139. The van der Waals surface area contributed by atoms with Crippen LogP contribution in [0.5, 0.6) is 0 Å². The molecule has 4 heterocycles. The largest absolute Gasteiger partial charge is 0.406 e. The number of nitrogens with zero attached hydrogens (tertiary/aromatic N) is 5. The van der Waals surface area contributed by atoms with Gasteiger partial charge in [-0.15, -0.1) is 11.3 Å². The molecule has 0 atom stereocenters. The Morgan fingerprint density at radius 1 is 1.26 bits per heavy atom. The summed E-state index contributed by atoms with van der Waals surface area (Å²) in [7, 11) is 0. The van der Waals surface area contributed by atoms with Gasteiger partial charge in [-0.3, -0.25) is 14.3 Å². The van der Waals surface area contributed by atoms with Crippen LogP contribution in [0, 0.1) is 0 Å². The molecule has 0 radical (unpaired) electrons. The molecule has 0 aliphatic heterocycles. The molecular weight excluding hydrogens is 475 g/mol. The molecule has 0 bridgehead atoms. The molecule has 34 heavy (non-hydrogen) atoms. The number of aromatic nitrogens is 5. The van der Waals surface area contributed by atoms with Crippen LogP contribution >= 0.6 is 11.3 Å². The van der Waals surface area contributed by atoms with E-state index >= 15 is 0 Å². The number of carbonyl (C=O) groups excluding carboxylic acids is 2. The molecule has 0 saturated carbocycles. The first kappa shape index (κ1) is 23.5. The highest BCUT2D eigenvalue weighted by Crippen LogP contribution is 2.35. The quantitative estimate of drug-likeness (QED) is 0.422. The molecule has 2 amide bonds. The van der Waals surface area contributed by atoms with E-state index in [-0.39, 0.29) is 45.3 Å². The average molecular weight is 495 g/mol. The van der Waals surface area contributed by atoms with Crippen molar-refractivity contribution in [1.82, 2.24) is 29.8 Å². The number of nitrogens with two attached hydrogens (primary N) is 1. The van der Waals surface area contributed by atoms with Gasteiger partial charge in [0.15, 0.2) is 0 Å². The fraction of sp³-hybridized carbons (Fsp3) is 0.350. The summed E-state index contributed by atoms with van der Waals surface area (Å²) < 4.78 is 47.4. The van der Waals surface area contributed by atoms with Crippen LogP contribution in [0.2, 0.25) is 0 Å². The molecule has 4 aromatic heterocycles. The van der Waals surface area contributed by atoms with E-state index in [0.717, 1.165) is 15.9 Å². The molecule has 0 aliphatic carbocycles. The van der Waals surface area contributed by atoms with Crippen molar-refractivity contribution in [1.29, 1.82) is 0 Å². The fourth-order valence-electron chi connectivity index (χ4n) is 3.24. The first-order valence-corrected chi connectivity index (χ1v) is 10.8. The molecule has 180 valence electrons. The maximum absolute atomic E-state index is 13.2. The van der Waals surface area contributed by atoms with Gasteiger partial charge in [0, 0.05) is 17.0 Å². The lowest BCUT2D eigenvalue weighted by Crippen LogP contribution is -2.24. The van der Waals surface area contributed by atoms with Gasteiger partial charge in [0.05, 0.1) is 35.1 Å². The lowest BCUT2D eigenvalue weighted by Gasteiger charge is -2.18. The van der Waals surface area contributed by atoms with Crippen molar-refractivity contribution in [2.45, 2.75) is 45.6 Å². The van der Waals surface area contributed by atoms with Gasteiger partial charge in [-0.1, -0.05) is 5.16 Å². The summed E-state index contributed by atoms with van der Waals surface area (Å²) in [5.74, 6) is -1.31. The van der Waals surface area contributed by atoms with E-state index < -0.39 is 24.5 Å². The normalized spacial score (nSPS) is 12.4. The second kappa shape index (κ2) is 8.27. The summed E-state index contributed by atoms with van der Waals surface area (Å²) in [6, 6.07) is 1.37. The van der Waals surface area contributed by atoms with Crippen molar-refractivity contribution in [2.24, 2.45) is 5.73 Å². The monoisotopic (exact) mass is 495 g/mol. The van der Waals surface area contributed by atoms with Crippen molar-refractivity contribution in [3.8, 4) is 11.5 Å². The third-order valence-electron chi connectivity index (χ3n) is 4.86. The second-order valence-corrected chi connectivity index (χ2v) is 9.36. The number of alkyl halides is 3. The van der Waals surface area contributed by atoms with Gasteiger partial charge in [-0.25, -0.2) is 0 Å². The highest BCUT2D eigenvalue weighted by Gasteiger charge is 2.32. The molecule has 14 heteroatoms. The Bertz CT molecular complexity index is 1370. The number of fused-ring (bicyclic) bond motifs is 1. The van der Waals surface area contributed by atoms with E-state index in [4.69, 9.17) is 10.3 Å². The third-order valence-corrected chi connectivity index (χ3v) is 5.88. The van der Waals surface area contributed by atoms with Gasteiger partial charge in [0.25, 0.3) is 5.91 Å². The number of rotatable bonds is 6. The van der Waals surface area contributed by atoms with Crippen LogP contribution in [0.15, 0.2) is 28.4 Å². The highest BCUT2D eigenvalue weighted by molar-refractivity contribution is 7.17. The van der Waals surface area contributed by atoms with E-state index in [1.54, 1.807) is 10.9 Å². The molecular formula is C20H20F3N7O3S. The summed E-state index contributed by atoms with van der Waals surface area (Å²) in [5.41, 5.74) is 5.48. The van der Waals surface area contributed by atoms with Gasteiger partial charge in [0.2, 0.25) is 17.6 Å². The van der Waals surface area contributed by atoms with Crippen molar-refractivity contribution in [2.75, 3.05) is 0 Å². The van der Waals surface area contributed by atoms with E-state index in [2.05, 4.69) is 20.6 Å². The number of hydrogen-bond acceptors (Lipinski definition) is 7. The molecule has 0 fully saturated rings. The molecule has 4 rings (SSSR count). The Morgan fingerprint density at radius 3 is 2.62 bits per heavy atom.